The number of carbonyl (C=O) groups excluding carboxylic acids is 1. The number of rotatable bonds is 5. The van der Waals surface area contributed by atoms with Crippen LogP contribution in [0.5, 0.6) is 5.75 Å². The Hall–Kier alpha value is -2.15. The van der Waals surface area contributed by atoms with Crippen LogP contribution >= 0.6 is 0 Å². The molecule has 0 aliphatic heterocycles. The van der Waals surface area contributed by atoms with E-state index >= 15 is 0 Å². The highest BCUT2D eigenvalue weighted by Crippen LogP contribution is 2.17. The molecule has 1 aromatic rings. The Morgan fingerprint density at radius 3 is 2.94 bits per heavy atom. The molecular weight excluding hydrogens is 228 g/mol. The number of nitrogens with one attached hydrogen (secondary N) is 1. The van der Waals surface area contributed by atoms with E-state index in [1.807, 2.05) is 19.1 Å². The maximum absolute atomic E-state index is 12.0. The van der Waals surface area contributed by atoms with Gasteiger partial charge in [-0.2, -0.15) is 0 Å². The van der Waals surface area contributed by atoms with Crippen molar-refractivity contribution < 1.29 is 9.53 Å². The lowest BCUT2D eigenvalue weighted by molar-refractivity contribution is 0.218. The van der Waals surface area contributed by atoms with Gasteiger partial charge in [-0.3, -0.25) is 0 Å². The Morgan fingerprint density at radius 1 is 1.56 bits per heavy atom. The summed E-state index contributed by atoms with van der Waals surface area (Å²) in [6.45, 7) is 2.95. The smallest absolute Gasteiger partial charge is 0.322 e. The Labute approximate surface area is 108 Å². The number of benzene rings is 1. The quantitative estimate of drug-likeness (QED) is 0.811. The van der Waals surface area contributed by atoms with Crippen LogP contribution in [0, 0.1) is 12.3 Å². The topological polar surface area (TPSA) is 41.6 Å². The van der Waals surface area contributed by atoms with E-state index in [0.29, 0.717) is 24.5 Å². The molecule has 0 saturated carbocycles. The summed E-state index contributed by atoms with van der Waals surface area (Å²) in [5, 5.41) is 2.80. The molecule has 0 bridgehead atoms. The fraction of sp³-hybridized carbons (Fsp3) is 0.357. The molecule has 4 nitrogen and oxygen atoms in total. The van der Waals surface area contributed by atoms with Crippen molar-refractivity contribution in [1.29, 1.82) is 0 Å². The summed E-state index contributed by atoms with van der Waals surface area (Å²) in [5.41, 5.74) is 0.692. The molecule has 0 spiro atoms. The van der Waals surface area contributed by atoms with E-state index in [1.54, 1.807) is 24.1 Å². The first-order valence-corrected chi connectivity index (χ1v) is 5.84. The zero-order valence-corrected chi connectivity index (χ0v) is 10.8. The lowest BCUT2D eigenvalue weighted by Gasteiger charge is -2.20. The van der Waals surface area contributed by atoms with Crippen molar-refractivity contribution in [3.63, 3.8) is 0 Å². The van der Waals surface area contributed by atoms with Gasteiger partial charge in [-0.15, -0.1) is 6.42 Å². The van der Waals surface area contributed by atoms with Gasteiger partial charge in [-0.1, -0.05) is 18.9 Å². The van der Waals surface area contributed by atoms with E-state index in [2.05, 4.69) is 11.2 Å². The zero-order valence-electron chi connectivity index (χ0n) is 10.8. The third-order valence-corrected chi connectivity index (χ3v) is 2.38. The summed E-state index contributed by atoms with van der Waals surface area (Å²) < 4.78 is 5.09. The Bertz CT molecular complexity index is 438. The number of terminal acetylenes is 1. The van der Waals surface area contributed by atoms with Crippen LogP contribution in [-0.2, 0) is 0 Å². The molecule has 96 valence electrons. The van der Waals surface area contributed by atoms with Gasteiger partial charge in [0.25, 0.3) is 0 Å². The lowest BCUT2D eigenvalue weighted by atomic mass is 10.3. The predicted octanol–water partition coefficient (Wildman–Crippen LogP) is 2.57. The van der Waals surface area contributed by atoms with E-state index in [9.17, 15) is 4.79 Å². The van der Waals surface area contributed by atoms with Crippen molar-refractivity contribution in [2.45, 2.75) is 13.3 Å². The van der Waals surface area contributed by atoms with Crippen LogP contribution in [0.15, 0.2) is 24.3 Å². The number of amides is 2. The van der Waals surface area contributed by atoms with Gasteiger partial charge in [0.1, 0.15) is 5.75 Å². The summed E-state index contributed by atoms with van der Waals surface area (Å²) >= 11 is 0. The Morgan fingerprint density at radius 2 is 2.33 bits per heavy atom. The fourth-order valence-corrected chi connectivity index (χ4v) is 1.54. The molecule has 0 heterocycles. The highest BCUT2D eigenvalue weighted by atomic mass is 16.5. The molecule has 0 aromatic heterocycles. The molecule has 0 atom stereocenters. The minimum absolute atomic E-state index is 0.192. The average molecular weight is 246 g/mol. The van der Waals surface area contributed by atoms with Crippen LogP contribution in [-0.4, -0.2) is 31.1 Å². The van der Waals surface area contributed by atoms with Gasteiger partial charge in [-0.05, 0) is 18.6 Å². The number of methoxy groups -OCH3 is 1. The average Bonchev–Trinajstić information content (AvgIpc) is 2.38. The largest absolute Gasteiger partial charge is 0.497 e. The Kier molecular flexibility index (Phi) is 5.59. The number of anilines is 1. The predicted molar refractivity (Wildman–Crippen MR) is 72.7 cm³/mol. The lowest BCUT2D eigenvalue weighted by Crippen LogP contribution is -2.35. The monoisotopic (exact) mass is 246 g/mol. The summed E-state index contributed by atoms with van der Waals surface area (Å²) in [4.78, 5) is 13.6. The standard InChI is InChI=1S/C14H18N2O2/c1-4-9-16(10-5-2)14(17)15-12-7-6-8-13(11-12)18-3/h1,6-8,11H,5,9-10H2,2-3H3,(H,15,17). The highest BCUT2D eigenvalue weighted by molar-refractivity contribution is 5.89. The molecule has 0 aliphatic rings. The Balaban J connectivity index is 2.69. The van der Waals surface area contributed by atoms with E-state index in [1.165, 1.54) is 0 Å². The third kappa shape index (κ3) is 4.02. The molecule has 18 heavy (non-hydrogen) atoms. The molecule has 1 N–H and O–H groups in total. The second kappa shape index (κ2) is 7.23. The maximum atomic E-state index is 12.0. The van der Waals surface area contributed by atoms with Gasteiger partial charge in [-0.25, -0.2) is 4.79 Å². The number of nitrogens with zero attached hydrogens (tertiary/aromatic N) is 1. The van der Waals surface area contributed by atoms with Crippen LogP contribution in [0.25, 0.3) is 0 Å². The first kappa shape index (κ1) is 13.9. The molecule has 1 aromatic carbocycles. The molecular formula is C14H18N2O2. The molecule has 1 rings (SSSR count). The van der Waals surface area contributed by atoms with Crippen LogP contribution in [0.3, 0.4) is 0 Å². The van der Waals surface area contributed by atoms with E-state index in [-0.39, 0.29) is 6.03 Å². The van der Waals surface area contributed by atoms with Gasteiger partial charge in [0.05, 0.1) is 13.7 Å². The van der Waals surface area contributed by atoms with Crippen LogP contribution in [0.1, 0.15) is 13.3 Å². The van der Waals surface area contributed by atoms with Gasteiger partial charge < -0.3 is 15.0 Å². The van der Waals surface area contributed by atoms with E-state index in [0.717, 1.165) is 6.42 Å². The number of carbonyl (C=O) groups is 1. The summed E-state index contributed by atoms with van der Waals surface area (Å²) in [5.74, 6) is 3.18. The number of urea groups is 1. The highest BCUT2D eigenvalue weighted by Gasteiger charge is 2.11. The minimum Gasteiger partial charge on any atom is -0.497 e. The second-order valence-corrected chi connectivity index (χ2v) is 3.79. The molecule has 4 heteroatoms. The van der Waals surface area contributed by atoms with Crippen LogP contribution < -0.4 is 10.1 Å². The molecule has 2 amide bonds. The zero-order chi connectivity index (χ0) is 13.4. The SMILES string of the molecule is C#CCN(CCC)C(=O)Nc1cccc(OC)c1. The van der Waals surface area contributed by atoms with Crippen molar-refractivity contribution >= 4 is 11.7 Å². The summed E-state index contributed by atoms with van der Waals surface area (Å²) in [6.07, 6.45) is 6.11. The van der Waals surface area contributed by atoms with Gasteiger partial charge in [0.2, 0.25) is 0 Å². The van der Waals surface area contributed by atoms with E-state index in [4.69, 9.17) is 11.2 Å². The van der Waals surface area contributed by atoms with Crippen LogP contribution in [0.4, 0.5) is 10.5 Å². The minimum atomic E-state index is -0.192. The van der Waals surface area contributed by atoms with Crippen LogP contribution in [0.2, 0.25) is 0 Å². The summed E-state index contributed by atoms with van der Waals surface area (Å²) in [6, 6.07) is 7.02. The molecule has 0 radical (unpaired) electrons. The summed E-state index contributed by atoms with van der Waals surface area (Å²) in [7, 11) is 1.59. The molecule has 0 fully saturated rings. The van der Waals surface area contributed by atoms with Crippen molar-refractivity contribution in [3.05, 3.63) is 24.3 Å². The third-order valence-electron chi connectivity index (χ3n) is 2.38. The number of hydrogen-bond donors (Lipinski definition) is 1. The van der Waals surface area contributed by atoms with Crippen molar-refractivity contribution in [1.82, 2.24) is 4.90 Å². The second-order valence-electron chi connectivity index (χ2n) is 3.79. The molecule has 0 saturated heterocycles. The fourth-order valence-electron chi connectivity index (χ4n) is 1.54. The first-order valence-electron chi connectivity index (χ1n) is 5.84. The van der Waals surface area contributed by atoms with Crippen molar-refractivity contribution in [2.24, 2.45) is 0 Å². The van der Waals surface area contributed by atoms with Crippen molar-refractivity contribution in [2.75, 3.05) is 25.5 Å². The normalized spacial score (nSPS) is 9.39. The van der Waals surface area contributed by atoms with Gasteiger partial charge >= 0.3 is 6.03 Å². The van der Waals surface area contributed by atoms with E-state index < -0.39 is 0 Å². The molecule has 0 aliphatic carbocycles. The van der Waals surface area contributed by atoms with Gasteiger partial charge in [0.15, 0.2) is 0 Å². The molecule has 0 unspecified atom stereocenters. The first-order chi connectivity index (χ1) is 8.71. The van der Waals surface area contributed by atoms with Gasteiger partial charge in [0, 0.05) is 18.3 Å². The van der Waals surface area contributed by atoms with Crippen molar-refractivity contribution in [3.8, 4) is 18.1 Å². The maximum Gasteiger partial charge on any atom is 0.322 e. The number of hydrogen-bond acceptors (Lipinski definition) is 2. The number of ether oxygens (including phenoxy) is 1.